The Morgan fingerprint density at radius 2 is 1.89 bits per heavy atom. The molecule has 1 fully saturated rings. The Labute approximate surface area is 214 Å². The van der Waals surface area contributed by atoms with E-state index in [-0.39, 0.29) is 23.9 Å². The van der Waals surface area contributed by atoms with Crippen molar-refractivity contribution in [3.05, 3.63) is 76.9 Å². The van der Waals surface area contributed by atoms with Crippen molar-refractivity contribution in [2.24, 2.45) is 5.92 Å². The molecule has 1 aliphatic rings. The van der Waals surface area contributed by atoms with Crippen molar-refractivity contribution >= 4 is 16.9 Å². The van der Waals surface area contributed by atoms with Crippen LogP contribution in [0.25, 0.3) is 11.0 Å². The first-order valence-corrected chi connectivity index (χ1v) is 13.0. The summed E-state index contributed by atoms with van der Waals surface area (Å²) in [7, 11) is 0. The number of benzene rings is 1. The summed E-state index contributed by atoms with van der Waals surface area (Å²) in [4.78, 5) is 25.2. The number of hydrogen-bond donors (Lipinski definition) is 3. The number of H-pyrrole nitrogens is 1. The molecule has 4 aromatic rings. The lowest BCUT2D eigenvalue weighted by molar-refractivity contribution is 0.0911. The maximum atomic E-state index is 15.9. The first-order chi connectivity index (χ1) is 18.1. The van der Waals surface area contributed by atoms with Gasteiger partial charge >= 0.3 is 0 Å². The minimum Gasteiger partial charge on any atom is -0.395 e. The Morgan fingerprint density at radius 1 is 1.16 bits per heavy atom. The minimum absolute atomic E-state index is 0.162. The third-order valence-electron chi connectivity index (χ3n) is 7.50. The van der Waals surface area contributed by atoms with E-state index in [2.05, 4.69) is 20.4 Å². The lowest BCUT2D eigenvalue weighted by Crippen LogP contribution is -2.35. The molecule has 0 bridgehead atoms. The van der Waals surface area contributed by atoms with Crippen LogP contribution in [0.4, 0.5) is 4.39 Å². The zero-order valence-corrected chi connectivity index (χ0v) is 20.9. The van der Waals surface area contributed by atoms with E-state index in [1.807, 2.05) is 0 Å². The van der Waals surface area contributed by atoms with Crippen molar-refractivity contribution < 1.29 is 18.8 Å². The van der Waals surface area contributed by atoms with Crippen LogP contribution in [-0.4, -0.2) is 37.7 Å². The third-order valence-corrected chi connectivity index (χ3v) is 7.50. The first-order valence-electron chi connectivity index (χ1n) is 13.0. The molecule has 1 aliphatic carbocycles. The van der Waals surface area contributed by atoms with Gasteiger partial charge in [-0.2, -0.15) is 0 Å². The van der Waals surface area contributed by atoms with Crippen LogP contribution in [0.15, 0.2) is 47.4 Å². The molecule has 0 radical (unpaired) electrons. The number of pyridine rings is 1. The molecular weight excluding hydrogens is 473 g/mol. The van der Waals surface area contributed by atoms with Gasteiger partial charge < -0.3 is 19.9 Å². The first kappa shape index (κ1) is 25.1. The van der Waals surface area contributed by atoms with Gasteiger partial charge in [-0.15, -0.1) is 0 Å². The monoisotopic (exact) mass is 505 g/mol. The summed E-state index contributed by atoms with van der Waals surface area (Å²) in [6, 6.07) is 6.60. The molecule has 1 aromatic carbocycles. The summed E-state index contributed by atoms with van der Waals surface area (Å²) in [6.07, 6.45) is 12.2. The highest BCUT2D eigenvalue weighted by molar-refractivity contribution is 5.95. The standard InChI is InChI=1S/C28H32FN5O3/c1-17-22(16-37-34-17)28(36)33-25(19-7-5-3-2-4-6-8-19)27-31-23-10-9-20(24(29)26(23)32-27)21(15-35)18-11-13-30-14-12-18/h9-14,16,19,21,25,35H,2-8,15H2,1H3,(H,31,32)(H,33,36). The molecule has 0 aliphatic heterocycles. The van der Waals surface area contributed by atoms with E-state index in [1.165, 1.54) is 12.7 Å². The molecule has 194 valence electrons. The van der Waals surface area contributed by atoms with Crippen LogP contribution in [-0.2, 0) is 0 Å². The highest BCUT2D eigenvalue weighted by Gasteiger charge is 2.30. The van der Waals surface area contributed by atoms with Crippen LogP contribution in [0.5, 0.6) is 0 Å². The van der Waals surface area contributed by atoms with Crippen molar-refractivity contribution in [3.8, 4) is 0 Å². The Kier molecular flexibility index (Phi) is 7.60. The third kappa shape index (κ3) is 5.27. The second kappa shape index (κ2) is 11.2. The van der Waals surface area contributed by atoms with Crippen LogP contribution < -0.4 is 5.32 Å². The molecule has 9 heteroatoms. The molecule has 3 N–H and O–H groups in total. The lowest BCUT2D eigenvalue weighted by atomic mass is 9.85. The number of imidazole rings is 1. The van der Waals surface area contributed by atoms with E-state index < -0.39 is 17.8 Å². The summed E-state index contributed by atoms with van der Waals surface area (Å²) >= 11 is 0. The molecule has 3 aromatic heterocycles. The van der Waals surface area contributed by atoms with Crippen molar-refractivity contribution in [2.45, 2.75) is 63.8 Å². The normalized spacial score (nSPS) is 16.7. The highest BCUT2D eigenvalue weighted by Crippen LogP contribution is 2.35. The van der Waals surface area contributed by atoms with Crippen LogP contribution >= 0.6 is 0 Å². The smallest absolute Gasteiger partial charge is 0.257 e. The Hall–Kier alpha value is -3.59. The number of aliphatic hydroxyl groups excluding tert-OH is 1. The molecule has 5 rings (SSSR count). The van der Waals surface area contributed by atoms with E-state index in [0.29, 0.717) is 28.2 Å². The van der Waals surface area contributed by atoms with E-state index in [0.717, 1.165) is 44.1 Å². The second-order valence-electron chi connectivity index (χ2n) is 9.87. The number of hydrogen-bond acceptors (Lipinski definition) is 6. The number of amides is 1. The van der Waals surface area contributed by atoms with Gasteiger partial charge in [0.25, 0.3) is 5.91 Å². The van der Waals surface area contributed by atoms with Crippen LogP contribution in [0.2, 0.25) is 0 Å². The van der Waals surface area contributed by atoms with Gasteiger partial charge in [0, 0.05) is 23.9 Å². The van der Waals surface area contributed by atoms with Crippen molar-refractivity contribution in [1.29, 1.82) is 0 Å². The van der Waals surface area contributed by atoms with Gasteiger partial charge in [-0.3, -0.25) is 9.78 Å². The number of nitrogens with zero attached hydrogens (tertiary/aromatic N) is 3. The number of aryl methyl sites for hydroxylation is 1. The van der Waals surface area contributed by atoms with E-state index in [4.69, 9.17) is 9.51 Å². The van der Waals surface area contributed by atoms with Gasteiger partial charge in [-0.05, 0) is 49.4 Å². The fourth-order valence-corrected chi connectivity index (χ4v) is 5.43. The summed E-state index contributed by atoms with van der Waals surface area (Å²) in [5.41, 5.74) is 2.78. The Morgan fingerprint density at radius 3 is 2.57 bits per heavy atom. The highest BCUT2D eigenvalue weighted by atomic mass is 19.1. The minimum atomic E-state index is -0.537. The van der Waals surface area contributed by atoms with Crippen molar-refractivity contribution in [1.82, 2.24) is 25.4 Å². The Balaban J connectivity index is 1.52. The number of nitrogens with one attached hydrogen (secondary N) is 2. The summed E-state index contributed by atoms with van der Waals surface area (Å²) < 4.78 is 20.8. The number of aromatic nitrogens is 4. The summed E-state index contributed by atoms with van der Waals surface area (Å²) in [5, 5.41) is 17.1. The van der Waals surface area contributed by atoms with Gasteiger partial charge in [0.05, 0.1) is 23.9 Å². The molecule has 37 heavy (non-hydrogen) atoms. The van der Waals surface area contributed by atoms with Gasteiger partial charge in [-0.25, -0.2) is 9.37 Å². The maximum Gasteiger partial charge on any atom is 0.257 e. The molecule has 1 amide bonds. The van der Waals surface area contributed by atoms with E-state index in [1.54, 1.807) is 43.6 Å². The molecule has 8 nitrogen and oxygen atoms in total. The molecule has 2 unspecified atom stereocenters. The number of aromatic amines is 1. The fraction of sp³-hybridized carbons (Fsp3) is 0.429. The number of carbonyl (C=O) groups excluding carboxylic acids is 1. The lowest BCUT2D eigenvalue weighted by Gasteiger charge is -2.28. The predicted molar refractivity (Wildman–Crippen MR) is 136 cm³/mol. The number of halogens is 1. The predicted octanol–water partition coefficient (Wildman–Crippen LogP) is 5.35. The number of fused-ring (bicyclic) bond motifs is 1. The van der Waals surface area contributed by atoms with Gasteiger partial charge in [0.1, 0.15) is 23.2 Å². The van der Waals surface area contributed by atoms with Gasteiger partial charge in [0.2, 0.25) is 0 Å². The zero-order chi connectivity index (χ0) is 25.8. The molecular formula is C28H32FN5O3. The number of aliphatic hydroxyl groups is 1. The summed E-state index contributed by atoms with van der Waals surface area (Å²) in [6.45, 7) is 1.48. The van der Waals surface area contributed by atoms with E-state index in [9.17, 15) is 9.90 Å². The average Bonchev–Trinajstić information content (AvgIpc) is 3.52. The SMILES string of the molecule is Cc1nocc1C(=O)NC(c1nc2c(F)c(C(CO)c3ccncc3)ccc2[nH]1)C1CCCCCCC1. The topological polar surface area (TPSA) is 117 Å². The second-order valence-corrected chi connectivity index (χ2v) is 9.87. The molecule has 0 spiro atoms. The van der Waals surface area contributed by atoms with Gasteiger partial charge in [-0.1, -0.05) is 43.3 Å². The molecule has 3 heterocycles. The van der Waals surface area contributed by atoms with Gasteiger partial charge in [0.15, 0.2) is 5.82 Å². The van der Waals surface area contributed by atoms with Crippen LogP contribution in [0.3, 0.4) is 0 Å². The van der Waals surface area contributed by atoms with E-state index >= 15 is 4.39 Å². The fourth-order valence-electron chi connectivity index (χ4n) is 5.43. The maximum absolute atomic E-state index is 15.9. The van der Waals surface area contributed by atoms with Crippen molar-refractivity contribution in [3.63, 3.8) is 0 Å². The van der Waals surface area contributed by atoms with Crippen LogP contribution in [0.1, 0.15) is 89.9 Å². The Bertz CT molecular complexity index is 1340. The zero-order valence-electron chi connectivity index (χ0n) is 20.9. The quantitative estimate of drug-likeness (QED) is 0.312. The number of carbonyl (C=O) groups is 1. The molecule has 1 saturated carbocycles. The van der Waals surface area contributed by atoms with Crippen LogP contribution in [0, 0.1) is 18.7 Å². The molecule has 0 saturated heterocycles. The average molecular weight is 506 g/mol. The van der Waals surface area contributed by atoms with Crippen molar-refractivity contribution in [2.75, 3.05) is 6.61 Å². The largest absolute Gasteiger partial charge is 0.395 e. The number of rotatable bonds is 7. The molecule has 2 atom stereocenters. The summed E-state index contributed by atoms with van der Waals surface area (Å²) in [5.74, 6) is -0.609.